The lowest BCUT2D eigenvalue weighted by Crippen LogP contribution is -2.06. The van der Waals surface area contributed by atoms with Gasteiger partial charge in [-0.2, -0.15) is 0 Å². The Balaban J connectivity index is 1.99. The largest absolute Gasteiger partial charge is 0.353 e. The van der Waals surface area contributed by atoms with Crippen LogP contribution in [0.2, 0.25) is 5.02 Å². The molecule has 0 fully saturated rings. The van der Waals surface area contributed by atoms with Crippen molar-refractivity contribution in [3.63, 3.8) is 0 Å². The molecule has 0 unspecified atom stereocenters. The van der Waals surface area contributed by atoms with E-state index in [0.29, 0.717) is 10.7 Å². The first-order valence-corrected chi connectivity index (χ1v) is 8.60. The normalized spacial score (nSPS) is 10.5. The van der Waals surface area contributed by atoms with Gasteiger partial charge < -0.3 is 10.6 Å². The van der Waals surface area contributed by atoms with Gasteiger partial charge in [0.25, 0.3) is 0 Å². The summed E-state index contributed by atoms with van der Waals surface area (Å²) >= 11 is 6.13. The number of aryl methyl sites for hydroxylation is 3. The van der Waals surface area contributed by atoms with Crippen molar-refractivity contribution in [2.24, 2.45) is 0 Å². The molecule has 0 saturated carbocycles. The van der Waals surface area contributed by atoms with Crippen LogP contribution >= 0.6 is 11.6 Å². The number of halogens is 1. The first-order valence-electron chi connectivity index (χ1n) is 8.22. The molecule has 1 heterocycles. The van der Waals surface area contributed by atoms with Crippen molar-refractivity contribution in [2.75, 3.05) is 10.6 Å². The number of anilines is 4. The highest BCUT2D eigenvalue weighted by molar-refractivity contribution is 6.31. The quantitative estimate of drug-likeness (QED) is 0.449. The number of benzene rings is 2. The fourth-order valence-corrected chi connectivity index (χ4v) is 2.80. The Morgan fingerprint density at radius 3 is 2.30 bits per heavy atom. The topological polar surface area (TPSA) is 93.0 Å². The minimum atomic E-state index is -0.510. The van der Waals surface area contributed by atoms with E-state index >= 15 is 0 Å². The summed E-state index contributed by atoms with van der Waals surface area (Å²) in [5.74, 6) is 0.199. The van der Waals surface area contributed by atoms with Crippen LogP contribution in [0.5, 0.6) is 0 Å². The molecule has 27 heavy (non-hydrogen) atoms. The number of nitrogens with zero attached hydrogens (tertiary/aromatic N) is 3. The summed E-state index contributed by atoms with van der Waals surface area (Å²) in [5, 5.41) is 18.3. The maximum atomic E-state index is 11.7. The Kier molecular flexibility index (Phi) is 5.23. The van der Waals surface area contributed by atoms with Gasteiger partial charge in [-0.25, -0.2) is 9.97 Å². The van der Waals surface area contributed by atoms with E-state index < -0.39 is 4.92 Å². The zero-order valence-corrected chi connectivity index (χ0v) is 15.8. The molecular weight excluding hydrogens is 366 g/mol. The fraction of sp³-hybridized carbons (Fsp3) is 0.158. The third kappa shape index (κ3) is 4.15. The number of hydrogen-bond acceptors (Lipinski definition) is 6. The highest BCUT2D eigenvalue weighted by atomic mass is 35.5. The van der Waals surface area contributed by atoms with Crippen molar-refractivity contribution in [2.45, 2.75) is 20.8 Å². The van der Waals surface area contributed by atoms with Crippen LogP contribution in [0.3, 0.4) is 0 Å². The van der Waals surface area contributed by atoms with Gasteiger partial charge in [0, 0.05) is 16.4 Å². The minimum absolute atomic E-state index is 0.0854. The van der Waals surface area contributed by atoms with Crippen LogP contribution in [0.25, 0.3) is 0 Å². The van der Waals surface area contributed by atoms with Crippen molar-refractivity contribution in [3.05, 3.63) is 74.6 Å². The Labute approximate surface area is 161 Å². The lowest BCUT2D eigenvalue weighted by molar-refractivity contribution is -0.383. The molecule has 138 valence electrons. The van der Waals surface area contributed by atoms with Crippen molar-refractivity contribution < 1.29 is 4.92 Å². The van der Waals surface area contributed by atoms with E-state index in [-0.39, 0.29) is 17.3 Å². The van der Waals surface area contributed by atoms with E-state index in [0.717, 1.165) is 22.4 Å². The molecular formula is C19H18ClN5O2. The van der Waals surface area contributed by atoms with Gasteiger partial charge in [-0.3, -0.25) is 10.1 Å². The van der Waals surface area contributed by atoms with Crippen molar-refractivity contribution in [1.29, 1.82) is 0 Å². The van der Waals surface area contributed by atoms with Gasteiger partial charge in [-0.15, -0.1) is 0 Å². The first kappa shape index (κ1) is 18.6. The van der Waals surface area contributed by atoms with Crippen LogP contribution in [0.15, 0.2) is 42.7 Å². The lowest BCUT2D eigenvalue weighted by atomic mass is 10.1. The zero-order valence-electron chi connectivity index (χ0n) is 15.1. The second-order valence-corrected chi connectivity index (χ2v) is 6.62. The third-order valence-corrected chi connectivity index (χ3v) is 4.48. The predicted molar refractivity (Wildman–Crippen MR) is 107 cm³/mol. The molecule has 3 rings (SSSR count). The SMILES string of the molecule is Cc1ccc(Nc2ncnc(Nc3ccc(C)c(Cl)c3)c2[N+](=O)[O-])c(C)c1. The number of nitro groups is 1. The van der Waals surface area contributed by atoms with Crippen molar-refractivity contribution >= 4 is 40.3 Å². The van der Waals surface area contributed by atoms with E-state index in [4.69, 9.17) is 11.6 Å². The van der Waals surface area contributed by atoms with Gasteiger partial charge in [0.05, 0.1) is 4.92 Å². The second-order valence-electron chi connectivity index (χ2n) is 6.21. The maximum Gasteiger partial charge on any atom is 0.353 e. The summed E-state index contributed by atoms with van der Waals surface area (Å²) in [6, 6.07) is 11.1. The number of aromatic nitrogens is 2. The molecule has 0 spiro atoms. The number of rotatable bonds is 5. The summed E-state index contributed by atoms with van der Waals surface area (Å²) in [7, 11) is 0. The maximum absolute atomic E-state index is 11.7. The highest BCUT2D eigenvalue weighted by Crippen LogP contribution is 2.34. The molecule has 2 N–H and O–H groups in total. The Morgan fingerprint density at radius 1 is 0.963 bits per heavy atom. The van der Waals surface area contributed by atoms with Gasteiger partial charge >= 0.3 is 5.69 Å². The monoisotopic (exact) mass is 383 g/mol. The Hall–Kier alpha value is -3.19. The molecule has 0 aliphatic carbocycles. The first-order chi connectivity index (χ1) is 12.8. The average Bonchev–Trinajstić information content (AvgIpc) is 2.60. The molecule has 0 atom stereocenters. The van der Waals surface area contributed by atoms with Crippen molar-refractivity contribution in [1.82, 2.24) is 9.97 Å². The molecule has 0 radical (unpaired) electrons. The van der Waals surface area contributed by atoms with Crippen LogP contribution < -0.4 is 10.6 Å². The molecule has 7 nitrogen and oxygen atoms in total. The van der Waals surface area contributed by atoms with E-state index in [1.54, 1.807) is 12.1 Å². The van der Waals surface area contributed by atoms with Gasteiger partial charge in [-0.05, 0) is 50.1 Å². The minimum Gasteiger partial charge on any atom is -0.334 e. The third-order valence-electron chi connectivity index (χ3n) is 4.07. The summed E-state index contributed by atoms with van der Waals surface area (Å²) in [6.07, 6.45) is 1.27. The van der Waals surface area contributed by atoms with Crippen LogP contribution in [0.1, 0.15) is 16.7 Å². The molecule has 0 aliphatic rings. The van der Waals surface area contributed by atoms with Gasteiger partial charge in [0.15, 0.2) is 0 Å². The van der Waals surface area contributed by atoms with E-state index in [1.165, 1.54) is 6.33 Å². The standard InChI is InChI=1S/C19H18ClN5O2/c1-11-4-7-16(13(3)8-11)24-19-17(25(26)27)18(21-10-22-19)23-14-6-5-12(2)15(20)9-14/h4-10H,1-3H3,(H2,21,22,23,24). The molecule has 0 aliphatic heterocycles. The summed E-state index contributed by atoms with van der Waals surface area (Å²) in [5.41, 5.74) is 4.08. The van der Waals surface area contributed by atoms with Crippen molar-refractivity contribution in [3.8, 4) is 0 Å². The molecule has 0 bridgehead atoms. The number of hydrogen-bond donors (Lipinski definition) is 2. The molecule has 0 saturated heterocycles. The number of nitrogens with one attached hydrogen (secondary N) is 2. The van der Waals surface area contributed by atoms with E-state index in [1.807, 2.05) is 45.0 Å². The van der Waals surface area contributed by atoms with Crippen LogP contribution in [-0.2, 0) is 0 Å². The fourth-order valence-electron chi connectivity index (χ4n) is 2.62. The molecule has 0 amide bonds. The Bertz CT molecular complexity index is 1020. The molecule has 8 heteroatoms. The molecule has 2 aromatic carbocycles. The smallest absolute Gasteiger partial charge is 0.334 e. The zero-order chi connectivity index (χ0) is 19.6. The molecule has 3 aromatic rings. The molecule has 1 aromatic heterocycles. The summed E-state index contributed by atoms with van der Waals surface area (Å²) in [4.78, 5) is 19.3. The second kappa shape index (κ2) is 7.59. The van der Waals surface area contributed by atoms with E-state index in [2.05, 4.69) is 20.6 Å². The average molecular weight is 384 g/mol. The van der Waals surface area contributed by atoms with Gasteiger partial charge in [0.2, 0.25) is 11.6 Å². The van der Waals surface area contributed by atoms with Crippen LogP contribution in [0, 0.1) is 30.9 Å². The summed E-state index contributed by atoms with van der Waals surface area (Å²) in [6.45, 7) is 5.79. The van der Waals surface area contributed by atoms with Gasteiger partial charge in [0.1, 0.15) is 6.33 Å². The van der Waals surface area contributed by atoms with Crippen LogP contribution in [-0.4, -0.2) is 14.9 Å². The van der Waals surface area contributed by atoms with Gasteiger partial charge in [-0.1, -0.05) is 35.4 Å². The summed E-state index contributed by atoms with van der Waals surface area (Å²) < 4.78 is 0. The highest BCUT2D eigenvalue weighted by Gasteiger charge is 2.23. The Morgan fingerprint density at radius 2 is 1.67 bits per heavy atom. The lowest BCUT2D eigenvalue weighted by Gasteiger charge is -2.12. The van der Waals surface area contributed by atoms with E-state index in [9.17, 15) is 10.1 Å². The van der Waals surface area contributed by atoms with Crippen LogP contribution in [0.4, 0.5) is 28.7 Å². The predicted octanol–water partition coefficient (Wildman–Crippen LogP) is 5.45.